The summed E-state index contributed by atoms with van der Waals surface area (Å²) >= 11 is 0. The topological polar surface area (TPSA) is 65.5 Å². The number of nitrogens with zero attached hydrogens (tertiary/aromatic N) is 1. The number of hydrogen-bond donors (Lipinski definition) is 3. The average molecular weight is 388 g/mol. The first-order valence-electron chi connectivity index (χ1n) is 9.14. The van der Waals surface area contributed by atoms with Gasteiger partial charge in [-0.2, -0.15) is 0 Å². The molecule has 0 unspecified atom stereocenters. The molecule has 0 saturated carbocycles. The number of aliphatic imine (C=N–C) groups is 1. The molecule has 3 N–H and O–H groups in total. The monoisotopic (exact) mass is 388 g/mol. The van der Waals surface area contributed by atoms with Crippen LogP contribution in [0.5, 0.6) is 0 Å². The number of nitrogens with one attached hydrogen (secondary N) is 3. The molecule has 2 rings (SSSR count). The molecule has 150 valence electrons. The van der Waals surface area contributed by atoms with Gasteiger partial charge in [0.15, 0.2) is 5.96 Å². The Kier molecular flexibility index (Phi) is 7.92. The Morgan fingerprint density at radius 3 is 2.54 bits per heavy atom. The van der Waals surface area contributed by atoms with Crippen molar-refractivity contribution < 1.29 is 13.6 Å². The first-order chi connectivity index (χ1) is 13.4. The van der Waals surface area contributed by atoms with Crippen LogP contribution >= 0.6 is 0 Å². The molecule has 0 fully saturated rings. The lowest BCUT2D eigenvalue weighted by atomic mass is 10.1. The van der Waals surface area contributed by atoms with Crippen molar-refractivity contribution in [2.45, 2.75) is 33.4 Å². The van der Waals surface area contributed by atoms with E-state index in [1.807, 2.05) is 38.1 Å². The average Bonchev–Trinajstić information content (AvgIpc) is 2.64. The highest BCUT2D eigenvalue weighted by Gasteiger charge is 2.07. The highest BCUT2D eigenvalue weighted by molar-refractivity contribution is 5.90. The number of hydrogen-bond acceptors (Lipinski definition) is 2. The van der Waals surface area contributed by atoms with Crippen LogP contribution in [0.1, 0.15) is 31.4 Å². The highest BCUT2D eigenvalue weighted by Crippen LogP contribution is 2.12. The van der Waals surface area contributed by atoms with E-state index in [0.717, 1.165) is 29.4 Å². The van der Waals surface area contributed by atoms with Gasteiger partial charge in [0.05, 0.1) is 0 Å². The van der Waals surface area contributed by atoms with Crippen LogP contribution < -0.4 is 16.0 Å². The first-order valence-corrected chi connectivity index (χ1v) is 9.14. The summed E-state index contributed by atoms with van der Waals surface area (Å²) in [6, 6.07) is 10.8. The molecule has 0 aliphatic carbocycles. The zero-order valence-electron chi connectivity index (χ0n) is 16.4. The largest absolute Gasteiger partial charge is 0.352 e. The first kappa shape index (κ1) is 21.3. The summed E-state index contributed by atoms with van der Waals surface area (Å²) < 4.78 is 27.0. The Morgan fingerprint density at radius 2 is 1.82 bits per heavy atom. The third-order valence-corrected chi connectivity index (χ3v) is 3.94. The lowest BCUT2D eigenvalue weighted by molar-refractivity contribution is -0.116. The van der Waals surface area contributed by atoms with Crippen molar-refractivity contribution in [1.29, 1.82) is 0 Å². The maximum atomic E-state index is 13.7. The lowest BCUT2D eigenvalue weighted by Crippen LogP contribution is -2.36. The SMILES string of the molecule is CN=C(NCc1cccc(NC(=O)CC(C)C)c1)NCc1cc(F)ccc1F. The Morgan fingerprint density at radius 1 is 1.07 bits per heavy atom. The molecule has 2 aromatic rings. The number of rotatable bonds is 7. The van der Waals surface area contributed by atoms with Crippen molar-refractivity contribution in [1.82, 2.24) is 10.6 Å². The van der Waals surface area contributed by atoms with Crippen LogP contribution in [0.15, 0.2) is 47.5 Å². The van der Waals surface area contributed by atoms with Gasteiger partial charge in [-0.15, -0.1) is 0 Å². The maximum Gasteiger partial charge on any atom is 0.224 e. The third kappa shape index (κ3) is 6.98. The van der Waals surface area contributed by atoms with Gasteiger partial charge in [-0.25, -0.2) is 8.78 Å². The van der Waals surface area contributed by atoms with Crippen LogP contribution in [0.2, 0.25) is 0 Å². The molecule has 7 heteroatoms. The van der Waals surface area contributed by atoms with Crippen molar-refractivity contribution in [3.05, 3.63) is 65.2 Å². The maximum absolute atomic E-state index is 13.7. The zero-order valence-corrected chi connectivity index (χ0v) is 16.4. The van der Waals surface area contributed by atoms with Gasteiger partial charge in [0.25, 0.3) is 0 Å². The van der Waals surface area contributed by atoms with Crippen molar-refractivity contribution in [2.24, 2.45) is 10.9 Å². The summed E-state index contributed by atoms with van der Waals surface area (Å²) in [5.41, 5.74) is 1.90. The second-order valence-corrected chi connectivity index (χ2v) is 6.86. The van der Waals surface area contributed by atoms with Crippen LogP contribution in [0.3, 0.4) is 0 Å². The number of carbonyl (C=O) groups is 1. The zero-order chi connectivity index (χ0) is 20.5. The minimum atomic E-state index is -0.488. The van der Waals surface area contributed by atoms with Gasteiger partial charge in [-0.3, -0.25) is 9.79 Å². The molecule has 0 bridgehead atoms. The molecule has 0 saturated heterocycles. The van der Waals surface area contributed by atoms with Crippen LogP contribution in [-0.4, -0.2) is 18.9 Å². The number of carbonyl (C=O) groups excluding carboxylic acids is 1. The fourth-order valence-electron chi connectivity index (χ4n) is 2.61. The summed E-state index contributed by atoms with van der Waals surface area (Å²) in [7, 11) is 1.60. The molecule has 0 aromatic heterocycles. The molecule has 0 atom stereocenters. The molecule has 0 aliphatic rings. The van der Waals surface area contributed by atoms with E-state index in [9.17, 15) is 13.6 Å². The summed E-state index contributed by atoms with van der Waals surface area (Å²) in [5.74, 6) is -0.235. The van der Waals surface area contributed by atoms with E-state index >= 15 is 0 Å². The smallest absolute Gasteiger partial charge is 0.224 e. The van der Waals surface area contributed by atoms with Crippen LogP contribution in [0.4, 0.5) is 14.5 Å². The Bertz CT molecular complexity index is 837. The van der Waals surface area contributed by atoms with Crippen LogP contribution in [0, 0.1) is 17.6 Å². The van der Waals surface area contributed by atoms with Gasteiger partial charge in [0, 0.05) is 37.8 Å². The van der Waals surface area contributed by atoms with E-state index in [1.54, 1.807) is 7.05 Å². The number of halogens is 2. The predicted molar refractivity (Wildman–Crippen MR) is 108 cm³/mol. The Labute approximate surface area is 164 Å². The summed E-state index contributed by atoms with van der Waals surface area (Å²) in [6.07, 6.45) is 0.468. The summed E-state index contributed by atoms with van der Waals surface area (Å²) in [5, 5.41) is 8.95. The molecule has 2 aromatic carbocycles. The minimum Gasteiger partial charge on any atom is -0.352 e. The molecule has 28 heavy (non-hydrogen) atoms. The van der Waals surface area contributed by atoms with Gasteiger partial charge < -0.3 is 16.0 Å². The molecule has 1 amide bonds. The van der Waals surface area contributed by atoms with Crippen molar-refractivity contribution in [3.8, 4) is 0 Å². The molecule has 0 heterocycles. The predicted octanol–water partition coefficient (Wildman–Crippen LogP) is 3.81. The lowest BCUT2D eigenvalue weighted by Gasteiger charge is -2.13. The van der Waals surface area contributed by atoms with Crippen molar-refractivity contribution in [3.63, 3.8) is 0 Å². The van der Waals surface area contributed by atoms with E-state index in [-0.39, 0.29) is 18.0 Å². The molecule has 0 radical (unpaired) electrons. The van der Waals surface area contributed by atoms with Gasteiger partial charge in [0.2, 0.25) is 5.91 Å². The van der Waals surface area contributed by atoms with Crippen LogP contribution in [-0.2, 0) is 17.9 Å². The molecule has 0 spiro atoms. The van der Waals surface area contributed by atoms with Gasteiger partial charge >= 0.3 is 0 Å². The molecular formula is C21H26F2N4O. The van der Waals surface area contributed by atoms with E-state index in [1.165, 1.54) is 0 Å². The summed E-state index contributed by atoms with van der Waals surface area (Å²) in [6.45, 7) is 4.55. The van der Waals surface area contributed by atoms with Crippen LogP contribution in [0.25, 0.3) is 0 Å². The third-order valence-electron chi connectivity index (χ3n) is 3.94. The number of guanidine groups is 1. The number of benzene rings is 2. The van der Waals surface area contributed by atoms with E-state index < -0.39 is 11.6 Å². The van der Waals surface area contributed by atoms with E-state index in [2.05, 4.69) is 20.9 Å². The van der Waals surface area contributed by atoms with Crippen molar-refractivity contribution >= 4 is 17.6 Å². The van der Waals surface area contributed by atoms with Gasteiger partial charge in [-0.05, 0) is 41.8 Å². The van der Waals surface area contributed by atoms with E-state index in [4.69, 9.17) is 0 Å². The number of amides is 1. The quantitative estimate of drug-likeness (QED) is 0.499. The normalized spacial score (nSPS) is 11.4. The highest BCUT2D eigenvalue weighted by atomic mass is 19.1. The van der Waals surface area contributed by atoms with E-state index in [0.29, 0.717) is 24.8 Å². The summed E-state index contributed by atoms with van der Waals surface area (Å²) in [4.78, 5) is 16.0. The Hall–Kier alpha value is -2.96. The second-order valence-electron chi connectivity index (χ2n) is 6.86. The molecule has 5 nitrogen and oxygen atoms in total. The number of anilines is 1. The fourth-order valence-corrected chi connectivity index (χ4v) is 2.61. The molecule has 0 aliphatic heterocycles. The molecular weight excluding hydrogens is 362 g/mol. The van der Waals surface area contributed by atoms with Gasteiger partial charge in [0.1, 0.15) is 11.6 Å². The minimum absolute atomic E-state index is 0.0188. The fraction of sp³-hybridized carbons (Fsp3) is 0.333. The second kappa shape index (κ2) is 10.4. The Balaban J connectivity index is 1.90. The van der Waals surface area contributed by atoms with Gasteiger partial charge in [-0.1, -0.05) is 26.0 Å². The standard InChI is InChI=1S/C21H26F2N4O/c1-14(2)9-20(28)27-18-6-4-5-15(10-18)12-25-21(24-3)26-13-16-11-17(22)7-8-19(16)23/h4-8,10-11,14H,9,12-13H2,1-3H3,(H,27,28)(H2,24,25,26). The van der Waals surface area contributed by atoms with Crippen molar-refractivity contribution in [2.75, 3.05) is 12.4 Å².